The largest absolute Gasteiger partial charge is 0.493 e. The summed E-state index contributed by atoms with van der Waals surface area (Å²) in [5, 5.41) is 0. The maximum absolute atomic E-state index is 5.73. The van der Waals surface area contributed by atoms with Crippen LogP contribution in [-0.2, 0) is 17.6 Å². The lowest BCUT2D eigenvalue weighted by atomic mass is 9.94. The SMILES string of the molecule is NC[C@H]1OCCc2ccc3c(c21)OCC3. The number of hydrogen-bond acceptors (Lipinski definition) is 3. The van der Waals surface area contributed by atoms with Crippen LogP contribution in [0, 0.1) is 0 Å². The number of fused-ring (bicyclic) bond motifs is 3. The molecular formula is C12H15NO2. The summed E-state index contributed by atoms with van der Waals surface area (Å²) in [6.07, 6.45) is 2.02. The lowest BCUT2D eigenvalue weighted by Gasteiger charge is -2.26. The summed E-state index contributed by atoms with van der Waals surface area (Å²) in [5.74, 6) is 1.04. The highest BCUT2D eigenvalue weighted by atomic mass is 16.5. The van der Waals surface area contributed by atoms with Gasteiger partial charge in [0, 0.05) is 18.5 Å². The van der Waals surface area contributed by atoms with E-state index in [-0.39, 0.29) is 6.10 Å². The summed E-state index contributed by atoms with van der Waals surface area (Å²) >= 11 is 0. The van der Waals surface area contributed by atoms with Crippen molar-refractivity contribution in [3.63, 3.8) is 0 Å². The Hall–Kier alpha value is -1.06. The van der Waals surface area contributed by atoms with Crippen molar-refractivity contribution in [2.45, 2.75) is 18.9 Å². The first-order valence-electron chi connectivity index (χ1n) is 5.49. The van der Waals surface area contributed by atoms with Crippen LogP contribution >= 0.6 is 0 Å². The lowest BCUT2D eigenvalue weighted by Crippen LogP contribution is -2.23. The predicted molar refractivity (Wildman–Crippen MR) is 57.1 cm³/mol. The molecule has 2 heterocycles. The van der Waals surface area contributed by atoms with Crippen LogP contribution in [-0.4, -0.2) is 19.8 Å². The van der Waals surface area contributed by atoms with Gasteiger partial charge in [0.2, 0.25) is 0 Å². The van der Waals surface area contributed by atoms with E-state index in [1.165, 1.54) is 16.7 Å². The van der Waals surface area contributed by atoms with Gasteiger partial charge in [-0.05, 0) is 17.5 Å². The van der Waals surface area contributed by atoms with Crippen molar-refractivity contribution in [2.75, 3.05) is 19.8 Å². The van der Waals surface area contributed by atoms with Crippen molar-refractivity contribution in [3.8, 4) is 5.75 Å². The number of rotatable bonds is 1. The molecule has 0 saturated carbocycles. The van der Waals surface area contributed by atoms with Gasteiger partial charge in [-0.3, -0.25) is 0 Å². The van der Waals surface area contributed by atoms with E-state index in [2.05, 4.69) is 12.1 Å². The van der Waals surface area contributed by atoms with Crippen LogP contribution in [0.2, 0.25) is 0 Å². The van der Waals surface area contributed by atoms with Crippen molar-refractivity contribution < 1.29 is 9.47 Å². The summed E-state index contributed by atoms with van der Waals surface area (Å²) in [5.41, 5.74) is 9.59. The first-order valence-corrected chi connectivity index (χ1v) is 5.49. The smallest absolute Gasteiger partial charge is 0.128 e. The van der Waals surface area contributed by atoms with Gasteiger partial charge in [-0.2, -0.15) is 0 Å². The van der Waals surface area contributed by atoms with E-state index in [9.17, 15) is 0 Å². The van der Waals surface area contributed by atoms with Gasteiger partial charge in [0.15, 0.2) is 0 Å². The first kappa shape index (κ1) is 9.19. The summed E-state index contributed by atoms with van der Waals surface area (Å²) in [6, 6.07) is 4.38. The highest BCUT2D eigenvalue weighted by Crippen LogP contribution is 2.39. The molecule has 0 unspecified atom stereocenters. The van der Waals surface area contributed by atoms with Gasteiger partial charge >= 0.3 is 0 Å². The molecule has 15 heavy (non-hydrogen) atoms. The highest BCUT2D eigenvalue weighted by Gasteiger charge is 2.27. The summed E-state index contributed by atoms with van der Waals surface area (Å²) < 4.78 is 11.4. The Labute approximate surface area is 89.2 Å². The Kier molecular flexibility index (Phi) is 2.15. The van der Waals surface area contributed by atoms with Gasteiger partial charge in [-0.1, -0.05) is 12.1 Å². The fourth-order valence-corrected chi connectivity index (χ4v) is 2.47. The Morgan fingerprint density at radius 2 is 2.00 bits per heavy atom. The molecule has 0 radical (unpaired) electrons. The molecule has 3 rings (SSSR count). The zero-order chi connectivity index (χ0) is 10.3. The van der Waals surface area contributed by atoms with Crippen LogP contribution in [0.4, 0.5) is 0 Å². The third-order valence-electron chi connectivity index (χ3n) is 3.21. The van der Waals surface area contributed by atoms with Gasteiger partial charge in [0.25, 0.3) is 0 Å². The molecule has 80 valence electrons. The minimum absolute atomic E-state index is 0.0294. The van der Waals surface area contributed by atoms with Gasteiger partial charge in [-0.25, -0.2) is 0 Å². The number of hydrogen-bond donors (Lipinski definition) is 1. The summed E-state index contributed by atoms with van der Waals surface area (Å²) in [6.45, 7) is 2.10. The van der Waals surface area contributed by atoms with E-state index in [1.54, 1.807) is 0 Å². The fourth-order valence-electron chi connectivity index (χ4n) is 2.47. The van der Waals surface area contributed by atoms with Crippen molar-refractivity contribution in [1.29, 1.82) is 0 Å². The molecule has 2 aliphatic rings. The Morgan fingerprint density at radius 1 is 1.20 bits per heavy atom. The molecule has 3 nitrogen and oxygen atoms in total. The molecule has 2 aliphatic heterocycles. The zero-order valence-electron chi connectivity index (χ0n) is 8.66. The van der Waals surface area contributed by atoms with Crippen LogP contribution in [0.3, 0.4) is 0 Å². The molecule has 0 saturated heterocycles. The van der Waals surface area contributed by atoms with Crippen molar-refractivity contribution in [3.05, 3.63) is 28.8 Å². The van der Waals surface area contributed by atoms with Crippen LogP contribution in [0.5, 0.6) is 5.75 Å². The molecule has 2 N–H and O–H groups in total. The quantitative estimate of drug-likeness (QED) is 0.749. The maximum atomic E-state index is 5.73. The number of nitrogens with two attached hydrogens (primary N) is 1. The van der Waals surface area contributed by atoms with E-state index in [4.69, 9.17) is 15.2 Å². The average Bonchev–Trinajstić information content (AvgIpc) is 2.76. The molecular weight excluding hydrogens is 190 g/mol. The summed E-state index contributed by atoms with van der Waals surface area (Å²) in [4.78, 5) is 0. The van der Waals surface area contributed by atoms with Gasteiger partial charge in [-0.15, -0.1) is 0 Å². The molecule has 0 spiro atoms. The van der Waals surface area contributed by atoms with Crippen LogP contribution in [0.25, 0.3) is 0 Å². The fraction of sp³-hybridized carbons (Fsp3) is 0.500. The van der Waals surface area contributed by atoms with Crippen molar-refractivity contribution in [1.82, 2.24) is 0 Å². The molecule has 0 amide bonds. The topological polar surface area (TPSA) is 44.5 Å². The number of ether oxygens (including phenoxy) is 2. The normalized spacial score (nSPS) is 23.1. The van der Waals surface area contributed by atoms with E-state index in [0.717, 1.165) is 31.8 Å². The molecule has 3 heteroatoms. The van der Waals surface area contributed by atoms with E-state index < -0.39 is 0 Å². The predicted octanol–water partition coefficient (Wildman–Crippen LogP) is 1.19. The molecule has 1 atom stereocenters. The van der Waals surface area contributed by atoms with E-state index in [0.29, 0.717) is 6.54 Å². The molecule has 0 aliphatic carbocycles. The van der Waals surface area contributed by atoms with Crippen molar-refractivity contribution in [2.24, 2.45) is 5.73 Å². The molecule has 0 fully saturated rings. The van der Waals surface area contributed by atoms with Crippen molar-refractivity contribution >= 4 is 0 Å². The zero-order valence-corrected chi connectivity index (χ0v) is 8.66. The number of benzene rings is 1. The monoisotopic (exact) mass is 205 g/mol. The third-order valence-corrected chi connectivity index (χ3v) is 3.21. The second-order valence-corrected chi connectivity index (χ2v) is 4.07. The lowest BCUT2D eigenvalue weighted by molar-refractivity contribution is 0.0465. The highest BCUT2D eigenvalue weighted by molar-refractivity contribution is 5.50. The maximum Gasteiger partial charge on any atom is 0.128 e. The van der Waals surface area contributed by atoms with Gasteiger partial charge in [0.1, 0.15) is 5.75 Å². The Bertz CT molecular complexity index is 389. The van der Waals surface area contributed by atoms with Crippen LogP contribution < -0.4 is 10.5 Å². The second-order valence-electron chi connectivity index (χ2n) is 4.07. The molecule has 0 aromatic heterocycles. The molecule has 1 aromatic carbocycles. The van der Waals surface area contributed by atoms with E-state index in [1.807, 2.05) is 0 Å². The summed E-state index contributed by atoms with van der Waals surface area (Å²) in [7, 11) is 0. The van der Waals surface area contributed by atoms with Crippen LogP contribution in [0.15, 0.2) is 12.1 Å². The second kappa shape index (κ2) is 3.51. The Balaban J connectivity index is 2.14. The first-order chi connectivity index (χ1) is 7.40. The van der Waals surface area contributed by atoms with Gasteiger partial charge < -0.3 is 15.2 Å². The third kappa shape index (κ3) is 1.34. The van der Waals surface area contributed by atoms with Gasteiger partial charge in [0.05, 0.1) is 19.3 Å². The minimum Gasteiger partial charge on any atom is -0.493 e. The Morgan fingerprint density at radius 3 is 2.87 bits per heavy atom. The minimum atomic E-state index is 0.0294. The van der Waals surface area contributed by atoms with E-state index >= 15 is 0 Å². The standard InChI is InChI=1S/C12H15NO2/c13-7-10-11-8(3-5-14-10)1-2-9-4-6-15-12(9)11/h1-2,10H,3-7,13H2/t10-/m1/s1. The average molecular weight is 205 g/mol. The van der Waals surface area contributed by atoms with Crippen LogP contribution in [0.1, 0.15) is 22.8 Å². The molecule has 0 bridgehead atoms. The molecule has 1 aromatic rings.